The lowest BCUT2D eigenvalue weighted by Gasteiger charge is -2.18. The molecule has 0 unspecified atom stereocenters. The van der Waals surface area contributed by atoms with E-state index in [1.54, 1.807) is 6.33 Å². The number of benzene rings is 2. The van der Waals surface area contributed by atoms with E-state index in [0.29, 0.717) is 13.1 Å². The second-order valence-corrected chi connectivity index (χ2v) is 6.95. The fourth-order valence-corrected chi connectivity index (χ4v) is 3.33. The van der Waals surface area contributed by atoms with Crippen LogP contribution in [-0.4, -0.2) is 40.4 Å². The van der Waals surface area contributed by atoms with Gasteiger partial charge in [0.15, 0.2) is 5.96 Å². The Morgan fingerprint density at radius 3 is 2.29 bits per heavy atom. The molecular weight excluding hydrogens is 499 g/mol. The summed E-state index contributed by atoms with van der Waals surface area (Å²) in [6, 6.07) is 21.1. The molecule has 0 saturated carbocycles. The molecule has 0 radical (unpaired) electrons. The van der Waals surface area contributed by atoms with Crippen molar-refractivity contribution in [2.24, 2.45) is 4.99 Å². The lowest BCUT2D eigenvalue weighted by molar-refractivity contribution is 0.633. The van der Waals surface area contributed by atoms with Crippen LogP contribution >= 0.6 is 24.0 Å². The highest BCUT2D eigenvalue weighted by atomic mass is 127. The summed E-state index contributed by atoms with van der Waals surface area (Å²) in [7, 11) is 0. The van der Waals surface area contributed by atoms with E-state index in [9.17, 15) is 0 Å². The minimum Gasteiger partial charge on any atom is -0.355 e. The third-order valence-corrected chi connectivity index (χ3v) is 4.91. The fourth-order valence-electron chi connectivity index (χ4n) is 3.33. The van der Waals surface area contributed by atoms with Crippen molar-refractivity contribution >= 4 is 29.9 Å². The van der Waals surface area contributed by atoms with Gasteiger partial charge in [-0.15, -0.1) is 40.8 Å². The monoisotopic (exact) mass is 530 g/mol. The number of halogens is 1. The topological polar surface area (TPSA) is 67.1 Å². The fraction of sp³-hybridized carbons (Fsp3) is 0.292. The number of nitrogens with zero attached hydrogens (tertiary/aromatic N) is 4. The number of guanidine groups is 1. The molecule has 2 N–H and O–H groups in total. The molecule has 0 aliphatic heterocycles. The first kappa shape index (κ1) is 24.6. The predicted molar refractivity (Wildman–Crippen MR) is 138 cm³/mol. The Morgan fingerprint density at radius 2 is 1.71 bits per heavy atom. The Bertz CT molecular complexity index is 884. The van der Waals surface area contributed by atoms with Gasteiger partial charge in [-0.2, -0.15) is 0 Å². The van der Waals surface area contributed by atoms with E-state index in [4.69, 9.17) is 4.99 Å². The van der Waals surface area contributed by atoms with Crippen LogP contribution in [0.4, 0.5) is 0 Å². The molecule has 0 aliphatic carbocycles. The molecular formula is C24H31IN6. The Morgan fingerprint density at radius 1 is 1.06 bits per heavy atom. The first-order chi connectivity index (χ1) is 14.8. The lowest BCUT2D eigenvalue weighted by atomic mass is 9.91. The zero-order valence-electron chi connectivity index (χ0n) is 17.9. The molecule has 0 aliphatic rings. The molecule has 7 heteroatoms. The van der Waals surface area contributed by atoms with Gasteiger partial charge in [0, 0.05) is 32.0 Å². The van der Waals surface area contributed by atoms with E-state index < -0.39 is 0 Å². The highest BCUT2D eigenvalue weighted by molar-refractivity contribution is 14.0. The second kappa shape index (κ2) is 13.6. The zero-order chi connectivity index (χ0) is 21.0. The molecule has 0 bridgehead atoms. The molecule has 2 aromatic carbocycles. The third kappa shape index (κ3) is 7.50. The van der Waals surface area contributed by atoms with Crippen LogP contribution in [0.3, 0.4) is 0 Å². The van der Waals surface area contributed by atoms with E-state index in [2.05, 4.69) is 87.4 Å². The number of rotatable bonds is 10. The summed E-state index contributed by atoms with van der Waals surface area (Å²) in [5, 5.41) is 14.9. The van der Waals surface area contributed by atoms with Gasteiger partial charge in [-0.3, -0.25) is 4.99 Å². The van der Waals surface area contributed by atoms with Gasteiger partial charge in [-0.25, -0.2) is 0 Å². The maximum atomic E-state index is 4.88. The average molecular weight is 530 g/mol. The van der Waals surface area contributed by atoms with Gasteiger partial charge in [-0.1, -0.05) is 73.7 Å². The number of aryl methyl sites for hydroxylation is 1. The number of hydrogen-bond acceptors (Lipinski definition) is 3. The van der Waals surface area contributed by atoms with Gasteiger partial charge >= 0.3 is 0 Å². The summed E-state index contributed by atoms with van der Waals surface area (Å²) >= 11 is 0. The van der Waals surface area contributed by atoms with Crippen LogP contribution in [0.5, 0.6) is 0 Å². The van der Waals surface area contributed by atoms with Crippen molar-refractivity contribution < 1.29 is 0 Å². The highest BCUT2D eigenvalue weighted by Gasteiger charge is 2.14. The standard InChI is InChI=1S/C24H30N6.HI/c1-3-15-25-24(26-16-17-30-19-28-29-23(30)4-2)27-18-22(20-11-7-5-8-12-20)21-13-9-6-10-14-21;/h3,5-14,19,22H,1,4,15-18H2,2H3,(H2,25,26,27);1H. The molecule has 31 heavy (non-hydrogen) atoms. The highest BCUT2D eigenvalue weighted by Crippen LogP contribution is 2.24. The van der Waals surface area contributed by atoms with Gasteiger partial charge in [-0.05, 0) is 11.1 Å². The Kier molecular flexibility index (Phi) is 10.8. The maximum absolute atomic E-state index is 4.88. The van der Waals surface area contributed by atoms with Crippen molar-refractivity contribution in [3.8, 4) is 0 Å². The van der Waals surface area contributed by atoms with Crippen LogP contribution < -0.4 is 10.6 Å². The summed E-state index contributed by atoms with van der Waals surface area (Å²) < 4.78 is 2.06. The maximum Gasteiger partial charge on any atom is 0.191 e. The van der Waals surface area contributed by atoms with E-state index >= 15 is 0 Å². The van der Waals surface area contributed by atoms with Crippen LogP contribution in [0.25, 0.3) is 0 Å². The van der Waals surface area contributed by atoms with Crippen LogP contribution in [0.2, 0.25) is 0 Å². The summed E-state index contributed by atoms with van der Waals surface area (Å²) in [6.07, 6.45) is 4.47. The van der Waals surface area contributed by atoms with Crippen LogP contribution in [0.1, 0.15) is 29.8 Å². The predicted octanol–water partition coefficient (Wildman–Crippen LogP) is 4.01. The molecule has 0 amide bonds. The molecule has 1 heterocycles. The Balaban J connectivity index is 0.00000341. The molecule has 1 aromatic heterocycles. The molecule has 0 atom stereocenters. The quantitative estimate of drug-likeness (QED) is 0.180. The van der Waals surface area contributed by atoms with Crippen molar-refractivity contribution in [3.05, 3.63) is 96.6 Å². The zero-order valence-corrected chi connectivity index (χ0v) is 20.3. The number of hydrogen-bond donors (Lipinski definition) is 2. The lowest BCUT2D eigenvalue weighted by Crippen LogP contribution is -2.39. The van der Waals surface area contributed by atoms with Gasteiger partial charge < -0.3 is 15.2 Å². The molecule has 3 rings (SSSR count). The van der Waals surface area contributed by atoms with E-state index in [1.165, 1.54) is 11.1 Å². The largest absolute Gasteiger partial charge is 0.355 e. The molecule has 6 nitrogen and oxygen atoms in total. The van der Waals surface area contributed by atoms with E-state index in [-0.39, 0.29) is 29.9 Å². The smallest absolute Gasteiger partial charge is 0.191 e. The van der Waals surface area contributed by atoms with Crippen LogP contribution in [0, 0.1) is 0 Å². The molecule has 0 saturated heterocycles. The molecule has 3 aromatic rings. The molecule has 164 valence electrons. The first-order valence-corrected chi connectivity index (χ1v) is 10.4. The summed E-state index contributed by atoms with van der Waals surface area (Å²) in [5.74, 6) is 1.96. The SMILES string of the molecule is C=CCNC(=NCC(c1ccccc1)c1ccccc1)NCCn1cnnc1CC.I. The van der Waals surface area contributed by atoms with Crippen molar-refractivity contribution in [3.63, 3.8) is 0 Å². The summed E-state index contributed by atoms with van der Waals surface area (Å²) in [4.78, 5) is 4.88. The van der Waals surface area contributed by atoms with E-state index in [0.717, 1.165) is 31.3 Å². The minimum absolute atomic E-state index is 0. The number of aliphatic imine (C=N–C) groups is 1. The average Bonchev–Trinajstić information content (AvgIpc) is 3.26. The van der Waals surface area contributed by atoms with Gasteiger partial charge in [0.2, 0.25) is 0 Å². The summed E-state index contributed by atoms with van der Waals surface area (Å²) in [5.41, 5.74) is 2.51. The Hall–Kier alpha value is -2.68. The second-order valence-electron chi connectivity index (χ2n) is 6.95. The minimum atomic E-state index is 0. The normalized spacial score (nSPS) is 11.1. The van der Waals surface area contributed by atoms with Crippen LogP contribution in [0.15, 0.2) is 84.6 Å². The van der Waals surface area contributed by atoms with Crippen molar-refractivity contribution in [1.29, 1.82) is 0 Å². The van der Waals surface area contributed by atoms with Gasteiger partial charge in [0.05, 0.1) is 6.54 Å². The van der Waals surface area contributed by atoms with Crippen molar-refractivity contribution in [1.82, 2.24) is 25.4 Å². The summed E-state index contributed by atoms with van der Waals surface area (Å²) in [6.45, 7) is 8.70. The third-order valence-electron chi connectivity index (χ3n) is 4.91. The molecule has 0 fully saturated rings. The van der Waals surface area contributed by atoms with Crippen LogP contribution in [-0.2, 0) is 13.0 Å². The van der Waals surface area contributed by atoms with Gasteiger partial charge in [0.1, 0.15) is 12.2 Å². The number of aromatic nitrogens is 3. The van der Waals surface area contributed by atoms with Gasteiger partial charge in [0.25, 0.3) is 0 Å². The number of nitrogens with one attached hydrogen (secondary N) is 2. The van der Waals surface area contributed by atoms with Crippen molar-refractivity contribution in [2.75, 3.05) is 19.6 Å². The molecule has 0 spiro atoms. The van der Waals surface area contributed by atoms with Crippen molar-refractivity contribution in [2.45, 2.75) is 25.8 Å². The Labute approximate surface area is 201 Å². The first-order valence-electron chi connectivity index (χ1n) is 10.4. The van der Waals surface area contributed by atoms with E-state index in [1.807, 2.05) is 18.2 Å².